The second kappa shape index (κ2) is 4.84. The molecule has 0 saturated heterocycles. The highest BCUT2D eigenvalue weighted by molar-refractivity contribution is 4.89. The summed E-state index contributed by atoms with van der Waals surface area (Å²) in [6, 6.07) is 0.653. The molecule has 0 aromatic carbocycles. The average Bonchev–Trinajstić information content (AvgIpc) is 2.70. The van der Waals surface area contributed by atoms with Crippen LogP contribution in [0.3, 0.4) is 0 Å². The highest BCUT2D eigenvalue weighted by Crippen LogP contribution is 2.39. The summed E-state index contributed by atoms with van der Waals surface area (Å²) in [5.41, 5.74) is 5.94. The largest absolute Gasteiger partial charge is 0.329 e. The van der Waals surface area contributed by atoms with Gasteiger partial charge in [0.25, 0.3) is 0 Å². The molecule has 15 heavy (non-hydrogen) atoms. The highest BCUT2D eigenvalue weighted by Gasteiger charge is 2.36. The van der Waals surface area contributed by atoms with E-state index < -0.39 is 0 Å². The lowest BCUT2D eigenvalue weighted by molar-refractivity contribution is 0.173. The van der Waals surface area contributed by atoms with Crippen LogP contribution in [0.25, 0.3) is 0 Å². The molecule has 0 bridgehead atoms. The van der Waals surface area contributed by atoms with Gasteiger partial charge in [0.15, 0.2) is 0 Å². The van der Waals surface area contributed by atoms with Crippen molar-refractivity contribution >= 4 is 0 Å². The Kier molecular flexibility index (Phi) is 3.68. The molecule has 0 amide bonds. The van der Waals surface area contributed by atoms with Crippen LogP contribution in [0, 0.1) is 17.8 Å². The van der Waals surface area contributed by atoms with Crippen LogP contribution in [-0.2, 0) is 0 Å². The van der Waals surface area contributed by atoms with Crippen LogP contribution in [-0.4, -0.2) is 31.1 Å². The lowest BCUT2D eigenvalue weighted by Gasteiger charge is -2.32. The van der Waals surface area contributed by atoms with Gasteiger partial charge in [-0.1, -0.05) is 19.8 Å². The minimum absolute atomic E-state index is 0.653. The maximum absolute atomic E-state index is 5.94. The third kappa shape index (κ3) is 2.73. The van der Waals surface area contributed by atoms with Gasteiger partial charge < -0.3 is 10.6 Å². The zero-order chi connectivity index (χ0) is 10.8. The summed E-state index contributed by atoms with van der Waals surface area (Å²) in [6.07, 6.45) is 7.11. The first-order valence-corrected chi connectivity index (χ1v) is 6.62. The van der Waals surface area contributed by atoms with Crippen molar-refractivity contribution in [1.82, 2.24) is 4.90 Å². The van der Waals surface area contributed by atoms with E-state index in [-0.39, 0.29) is 0 Å². The Morgan fingerprint density at radius 2 is 1.93 bits per heavy atom. The van der Waals surface area contributed by atoms with Gasteiger partial charge in [-0.3, -0.25) is 0 Å². The zero-order valence-electron chi connectivity index (χ0n) is 10.3. The molecule has 2 heteroatoms. The fraction of sp³-hybridized carbons (Fsp3) is 1.00. The number of likely N-dealkylation sites (N-methyl/N-ethyl adjacent to an activating group) is 1. The number of hydrogen-bond acceptors (Lipinski definition) is 2. The molecule has 2 rings (SSSR count). The van der Waals surface area contributed by atoms with Gasteiger partial charge in [-0.15, -0.1) is 0 Å². The van der Waals surface area contributed by atoms with Crippen molar-refractivity contribution in [1.29, 1.82) is 0 Å². The summed E-state index contributed by atoms with van der Waals surface area (Å²) >= 11 is 0. The Balaban J connectivity index is 1.81. The van der Waals surface area contributed by atoms with Gasteiger partial charge in [0.1, 0.15) is 0 Å². The minimum Gasteiger partial charge on any atom is -0.329 e. The fourth-order valence-electron chi connectivity index (χ4n) is 3.23. The van der Waals surface area contributed by atoms with Crippen molar-refractivity contribution in [3.8, 4) is 0 Å². The normalized spacial score (nSPS) is 33.6. The molecule has 2 saturated carbocycles. The van der Waals surface area contributed by atoms with E-state index in [1.807, 2.05) is 0 Å². The lowest BCUT2D eigenvalue weighted by Crippen LogP contribution is -2.43. The van der Waals surface area contributed by atoms with Crippen molar-refractivity contribution in [2.45, 2.75) is 45.1 Å². The second-order valence-electron chi connectivity index (χ2n) is 5.76. The van der Waals surface area contributed by atoms with Crippen molar-refractivity contribution in [2.24, 2.45) is 23.5 Å². The van der Waals surface area contributed by atoms with Gasteiger partial charge >= 0.3 is 0 Å². The van der Waals surface area contributed by atoms with Crippen molar-refractivity contribution in [3.63, 3.8) is 0 Å². The smallest absolute Gasteiger partial charge is 0.0243 e. The second-order valence-corrected chi connectivity index (χ2v) is 5.76. The van der Waals surface area contributed by atoms with Crippen LogP contribution in [0.2, 0.25) is 0 Å². The summed E-state index contributed by atoms with van der Waals surface area (Å²) in [7, 11) is 2.28. The van der Waals surface area contributed by atoms with Gasteiger partial charge in [-0.05, 0) is 44.1 Å². The molecule has 0 radical (unpaired) electrons. The first-order valence-electron chi connectivity index (χ1n) is 6.62. The monoisotopic (exact) mass is 210 g/mol. The molecule has 3 unspecified atom stereocenters. The van der Waals surface area contributed by atoms with E-state index in [1.54, 1.807) is 0 Å². The van der Waals surface area contributed by atoms with E-state index in [0.717, 1.165) is 24.3 Å². The highest BCUT2D eigenvalue weighted by atomic mass is 15.1. The molecule has 2 nitrogen and oxygen atoms in total. The molecule has 2 aliphatic rings. The van der Waals surface area contributed by atoms with Crippen LogP contribution in [0.5, 0.6) is 0 Å². The molecule has 0 aromatic rings. The Hall–Kier alpha value is -0.0800. The molecule has 0 aromatic heterocycles. The van der Waals surface area contributed by atoms with E-state index in [2.05, 4.69) is 18.9 Å². The van der Waals surface area contributed by atoms with E-state index >= 15 is 0 Å². The summed E-state index contributed by atoms with van der Waals surface area (Å²) in [5.74, 6) is 2.81. The number of rotatable bonds is 5. The van der Waals surface area contributed by atoms with Crippen LogP contribution >= 0.6 is 0 Å². The quantitative estimate of drug-likeness (QED) is 0.753. The minimum atomic E-state index is 0.653. The van der Waals surface area contributed by atoms with E-state index in [0.29, 0.717) is 6.04 Å². The third-order valence-corrected chi connectivity index (χ3v) is 4.55. The first kappa shape index (κ1) is 11.4. The van der Waals surface area contributed by atoms with Gasteiger partial charge in [0.2, 0.25) is 0 Å². The van der Waals surface area contributed by atoms with Crippen molar-refractivity contribution in [2.75, 3.05) is 20.1 Å². The Morgan fingerprint density at radius 1 is 1.33 bits per heavy atom. The molecule has 0 heterocycles. The summed E-state index contributed by atoms with van der Waals surface area (Å²) in [5, 5.41) is 0. The Morgan fingerprint density at radius 3 is 2.40 bits per heavy atom. The van der Waals surface area contributed by atoms with E-state index in [9.17, 15) is 0 Å². The molecular formula is C13H26N2. The lowest BCUT2D eigenvalue weighted by atomic mass is 9.96. The Labute approximate surface area is 94.2 Å². The van der Waals surface area contributed by atoms with Crippen LogP contribution < -0.4 is 5.73 Å². The SMILES string of the molecule is CC1CC1CN(C)C(CN)C1CCCC1. The van der Waals surface area contributed by atoms with Gasteiger partial charge in [-0.2, -0.15) is 0 Å². The molecule has 2 N–H and O–H groups in total. The number of hydrogen-bond donors (Lipinski definition) is 1. The standard InChI is InChI=1S/C13H26N2/c1-10-7-12(10)9-15(2)13(8-14)11-5-3-4-6-11/h10-13H,3-9,14H2,1-2H3. The van der Waals surface area contributed by atoms with Crippen molar-refractivity contribution < 1.29 is 0 Å². The summed E-state index contributed by atoms with van der Waals surface area (Å²) < 4.78 is 0. The topological polar surface area (TPSA) is 29.3 Å². The number of nitrogens with two attached hydrogens (primary N) is 1. The predicted octanol–water partition coefficient (Wildman–Crippen LogP) is 2.09. The van der Waals surface area contributed by atoms with E-state index in [4.69, 9.17) is 5.73 Å². The van der Waals surface area contributed by atoms with Gasteiger partial charge in [0, 0.05) is 19.1 Å². The molecule has 0 spiro atoms. The molecular weight excluding hydrogens is 184 g/mol. The fourth-order valence-corrected chi connectivity index (χ4v) is 3.23. The van der Waals surface area contributed by atoms with Crippen LogP contribution in [0.4, 0.5) is 0 Å². The van der Waals surface area contributed by atoms with Crippen LogP contribution in [0.1, 0.15) is 39.0 Å². The third-order valence-electron chi connectivity index (χ3n) is 4.55. The molecule has 3 atom stereocenters. The van der Waals surface area contributed by atoms with Gasteiger partial charge in [-0.25, -0.2) is 0 Å². The predicted molar refractivity (Wildman–Crippen MR) is 64.7 cm³/mol. The molecule has 2 aliphatic carbocycles. The van der Waals surface area contributed by atoms with Crippen LogP contribution in [0.15, 0.2) is 0 Å². The van der Waals surface area contributed by atoms with Gasteiger partial charge in [0.05, 0.1) is 0 Å². The number of nitrogens with zero attached hydrogens (tertiary/aromatic N) is 1. The zero-order valence-corrected chi connectivity index (χ0v) is 10.3. The first-order chi connectivity index (χ1) is 7.22. The summed E-state index contributed by atoms with van der Waals surface area (Å²) in [4.78, 5) is 2.55. The molecule has 0 aliphatic heterocycles. The summed E-state index contributed by atoms with van der Waals surface area (Å²) in [6.45, 7) is 4.49. The molecule has 88 valence electrons. The Bertz CT molecular complexity index is 199. The van der Waals surface area contributed by atoms with Crippen molar-refractivity contribution in [3.05, 3.63) is 0 Å². The maximum Gasteiger partial charge on any atom is 0.0243 e. The maximum atomic E-state index is 5.94. The average molecular weight is 210 g/mol. The van der Waals surface area contributed by atoms with E-state index in [1.165, 1.54) is 38.6 Å². The molecule has 2 fully saturated rings.